The van der Waals surface area contributed by atoms with E-state index < -0.39 is 5.76 Å². The number of aromatic nitrogens is 2. The third kappa shape index (κ3) is 3.52. The molecule has 118 valence electrons. The van der Waals surface area contributed by atoms with Crippen LogP contribution in [0.3, 0.4) is 0 Å². The minimum atomic E-state index is -0.670. The lowest BCUT2D eigenvalue weighted by Crippen LogP contribution is -2.26. The van der Waals surface area contributed by atoms with Crippen LogP contribution in [0.15, 0.2) is 44.9 Å². The number of hydrogen-bond donors (Lipinski definition) is 1. The van der Waals surface area contributed by atoms with Crippen molar-refractivity contribution in [1.82, 2.24) is 9.78 Å². The molecule has 2 aromatic heterocycles. The van der Waals surface area contributed by atoms with E-state index >= 15 is 0 Å². The summed E-state index contributed by atoms with van der Waals surface area (Å²) in [6.07, 6.45) is 0. The molecule has 2 heterocycles. The molecule has 0 atom stereocenters. The van der Waals surface area contributed by atoms with Gasteiger partial charge in [0, 0.05) is 10.7 Å². The highest BCUT2D eigenvalue weighted by atomic mass is 35.5. The zero-order valence-corrected chi connectivity index (χ0v) is 13.6. The number of rotatable bonds is 4. The van der Waals surface area contributed by atoms with E-state index in [0.717, 1.165) is 15.1 Å². The summed E-state index contributed by atoms with van der Waals surface area (Å²) in [6.45, 7) is 1.61. The number of anilines is 1. The van der Waals surface area contributed by atoms with Crippen molar-refractivity contribution in [2.24, 2.45) is 0 Å². The number of hydrogen-bond acceptors (Lipinski definition) is 5. The molecule has 3 aromatic rings. The fourth-order valence-electron chi connectivity index (χ4n) is 2.00. The number of aryl methyl sites for hydroxylation is 1. The van der Waals surface area contributed by atoms with E-state index in [2.05, 4.69) is 10.4 Å². The minimum absolute atomic E-state index is 0.209. The van der Waals surface area contributed by atoms with Crippen molar-refractivity contribution in [3.63, 3.8) is 0 Å². The Balaban J connectivity index is 1.74. The molecule has 0 saturated carbocycles. The highest BCUT2D eigenvalue weighted by Gasteiger charge is 2.14. The fourth-order valence-corrected chi connectivity index (χ4v) is 2.87. The lowest BCUT2D eigenvalue weighted by atomic mass is 10.2. The number of halogens is 1. The van der Waals surface area contributed by atoms with Gasteiger partial charge in [-0.25, -0.2) is 4.79 Å². The van der Waals surface area contributed by atoms with Crippen molar-refractivity contribution in [2.75, 3.05) is 5.32 Å². The molecule has 8 heteroatoms. The molecule has 0 radical (unpaired) electrons. The van der Waals surface area contributed by atoms with E-state index in [1.54, 1.807) is 24.3 Å². The molecule has 0 bridgehead atoms. The normalized spacial score (nSPS) is 10.7. The quantitative estimate of drug-likeness (QED) is 0.784. The first-order valence-electron chi connectivity index (χ1n) is 6.71. The molecule has 0 saturated heterocycles. The maximum absolute atomic E-state index is 12.1. The number of carbonyl (C=O) groups is 1. The number of amides is 1. The fraction of sp³-hybridized carbons (Fsp3) is 0.133. The van der Waals surface area contributed by atoms with Gasteiger partial charge >= 0.3 is 5.76 Å². The van der Waals surface area contributed by atoms with Crippen LogP contribution in [-0.2, 0) is 11.3 Å². The van der Waals surface area contributed by atoms with Gasteiger partial charge in [-0.05, 0) is 42.1 Å². The molecule has 1 aromatic carbocycles. The molecule has 1 amide bonds. The van der Waals surface area contributed by atoms with Gasteiger partial charge in [-0.3, -0.25) is 4.79 Å². The van der Waals surface area contributed by atoms with Gasteiger partial charge in [0.05, 0.1) is 4.88 Å². The predicted octanol–water partition coefficient (Wildman–Crippen LogP) is 3.17. The second kappa shape index (κ2) is 6.39. The third-order valence-electron chi connectivity index (χ3n) is 3.09. The second-order valence-electron chi connectivity index (χ2n) is 4.82. The van der Waals surface area contributed by atoms with Crippen LogP contribution in [0.5, 0.6) is 0 Å². The van der Waals surface area contributed by atoms with Gasteiger partial charge in [-0.1, -0.05) is 17.7 Å². The van der Waals surface area contributed by atoms with E-state index in [-0.39, 0.29) is 18.3 Å². The maximum Gasteiger partial charge on any atom is 0.437 e. The zero-order chi connectivity index (χ0) is 16.4. The molecule has 1 N–H and O–H groups in total. The van der Waals surface area contributed by atoms with Crippen molar-refractivity contribution in [1.29, 1.82) is 0 Å². The van der Waals surface area contributed by atoms with Gasteiger partial charge in [0.1, 0.15) is 6.54 Å². The van der Waals surface area contributed by atoms with Gasteiger partial charge in [0.15, 0.2) is 0 Å². The van der Waals surface area contributed by atoms with Crippen LogP contribution in [0, 0.1) is 6.92 Å². The number of benzene rings is 1. The van der Waals surface area contributed by atoms with Crippen molar-refractivity contribution in [2.45, 2.75) is 13.5 Å². The molecule has 6 nitrogen and oxygen atoms in total. The van der Waals surface area contributed by atoms with Crippen LogP contribution < -0.4 is 11.1 Å². The van der Waals surface area contributed by atoms with E-state index in [4.69, 9.17) is 16.0 Å². The summed E-state index contributed by atoms with van der Waals surface area (Å²) in [4.78, 5) is 24.6. The monoisotopic (exact) mass is 349 g/mol. The summed E-state index contributed by atoms with van der Waals surface area (Å²) >= 11 is 7.28. The highest BCUT2D eigenvalue weighted by molar-refractivity contribution is 7.13. The van der Waals surface area contributed by atoms with Crippen LogP contribution in [0.1, 0.15) is 5.56 Å². The molecule has 3 rings (SSSR count). The highest BCUT2D eigenvalue weighted by Crippen LogP contribution is 2.21. The van der Waals surface area contributed by atoms with Crippen LogP contribution in [0.2, 0.25) is 5.02 Å². The van der Waals surface area contributed by atoms with Crippen molar-refractivity contribution < 1.29 is 9.21 Å². The first-order valence-corrected chi connectivity index (χ1v) is 7.96. The summed E-state index contributed by atoms with van der Waals surface area (Å²) in [5.41, 5.74) is 1.46. The average molecular weight is 350 g/mol. The van der Waals surface area contributed by atoms with Crippen LogP contribution in [-0.4, -0.2) is 15.7 Å². The van der Waals surface area contributed by atoms with Gasteiger partial charge in [0.25, 0.3) is 5.89 Å². The van der Waals surface area contributed by atoms with E-state index in [0.29, 0.717) is 10.7 Å². The Kier molecular flexibility index (Phi) is 4.31. The lowest BCUT2D eigenvalue weighted by Gasteiger charge is -2.08. The van der Waals surface area contributed by atoms with Crippen molar-refractivity contribution in [3.05, 3.63) is 56.8 Å². The smallest absolute Gasteiger partial charge is 0.387 e. The van der Waals surface area contributed by atoms with E-state index in [1.807, 2.05) is 18.4 Å². The first kappa shape index (κ1) is 15.5. The Labute approximate surface area is 140 Å². The van der Waals surface area contributed by atoms with Crippen LogP contribution >= 0.6 is 22.9 Å². The van der Waals surface area contributed by atoms with E-state index in [1.165, 1.54) is 11.3 Å². The SMILES string of the molecule is Cc1cc(Cl)ccc1NC(=O)Cn1nc(-c2cccs2)oc1=O. The molecular formula is C15H12ClN3O3S. The van der Waals surface area contributed by atoms with Crippen LogP contribution in [0.25, 0.3) is 10.8 Å². The molecule has 23 heavy (non-hydrogen) atoms. The Morgan fingerprint density at radius 1 is 1.43 bits per heavy atom. The summed E-state index contributed by atoms with van der Waals surface area (Å²) < 4.78 is 6.05. The van der Waals surface area contributed by atoms with Gasteiger partial charge in [-0.2, -0.15) is 4.68 Å². The standard InChI is InChI=1S/C15H12ClN3O3S/c1-9-7-10(16)4-5-11(9)17-13(20)8-19-15(21)22-14(18-19)12-3-2-6-23-12/h2-7H,8H2,1H3,(H,17,20). The van der Waals surface area contributed by atoms with Crippen molar-refractivity contribution >= 4 is 34.5 Å². The Hall–Kier alpha value is -2.38. The van der Waals surface area contributed by atoms with E-state index in [9.17, 15) is 9.59 Å². The Bertz CT molecular complexity index is 899. The maximum atomic E-state index is 12.1. The minimum Gasteiger partial charge on any atom is -0.387 e. The lowest BCUT2D eigenvalue weighted by molar-refractivity contribution is -0.117. The Morgan fingerprint density at radius 2 is 2.26 bits per heavy atom. The average Bonchev–Trinajstić information content (AvgIpc) is 3.13. The number of nitrogens with zero attached hydrogens (tertiary/aromatic N) is 2. The molecule has 0 aliphatic heterocycles. The number of thiophene rings is 1. The zero-order valence-electron chi connectivity index (χ0n) is 12.1. The van der Waals surface area contributed by atoms with Crippen LogP contribution in [0.4, 0.5) is 5.69 Å². The Morgan fingerprint density at radius 3 is 2.96 bits per heavy atom. The third-order valence-corrected chi connectivity index (χ3v) is 4.19. The number of nitrogens with one attached hydrogen (secondary N) is 1. The second-order valence-corrected chi connectivity index (χ2v) is 6.20. The topological polar surface area (TPSA) is 77.1 Å². The summed E-state index contributed by atoms with van der Waals surface area (Å²) in [6, 6.07) is 8.75. The number of carbonyl (C=O) groups excluding carboxylic acids is 1. The molecular weight excluding hydrogens is 338 g/mol. The van der Waals surface area contributed by atoms with Gasteiger partial charge in [0.2, 0.25) is 5.91 Å². The summed E-state index contributed by atoms with van der Waals surface area (Å²) in [5.74, 6) is -0.833. The summed E-state index contributed by atoms with van der Waals surface area (Å²) in [5, 5.41) is 9.20. The molecule has 0 aliphatic rings. The predicted molar refractivity (Wildman–Crippen MR) is 88.9 cm³/mol. The molecule has 0 aliphatic carbocycles. The first-order chi connectivity index (χ1) is 11.0. The molecule has 0 unspecified atom stereocenters. The van der Waals surface area contributed by atoms with Crippen molar-refractivity contribution in [3.8, 4) is 10.8 Å². The van der Waals surface area contributed by atoms with Gasteiger partial charge < -0.3 is 9.73 Å². The largest absolute Gasteiger partial charge is 0.437 e. The summed E-state index contributed by atoms with van der Waals surface area (Å²) in [7, 11) is 0. The van der Waals surface area contributed by atoms with Gasteiger partial charge in [-0.15, -0.1) is 16.4 Å². The molecule has 0 fully saturated rings. The molecule has 0 spiro atoms.